The van der Waals surface area contributed by atoms with Gasteiger partial charge in [0, 0.05) is 12.1 Å². The lowest BCUT2D eigenvalue weighted by Crippen LogP contribution is -2.54. The van der Waals surface area contributed by atoms with Crippen molar-refractivity contribution < 1.29 is 12.8 Å². The maximum Gasteiger partial charge on any atom is 0.241 e. The van der Waals surface area contributed by atoms with Crippen molar-refractivity contribution in [2.75, 3.05) is 6.54 Å². The number of rotatable bonds is 4. The molecule has 0 aliphatic heterocycles. The standard InChI is InChI=1S/C14H21FN2O2S/c1-11-5-6-12(15)9-13(11)20(18,19)17-14(10-16)7-3-2-4-8-14/h5-6,9,17H,2-4,7-8,10,16H2,1H3. The van der Waals surface area contributed by atoms with E-state index in [4.69, 9.17) is 5.73 Å². The summed E-state index contributed by atoms with van der Waals surface area (Å²) in [5, 5.41) is 0. The Morgan fingerprint density at radius 3 is 2.55 bits per heavy atom. The molecule has 6 heteroatoms. The highest BCUT2D eigenvalue weighted by atomic mass is 32.2. The molecule has 112 valence electrons. The van der Waals surface area contributed by atoms with E-state index in [2.05, 4.69) is 4.72 Å². The molecule has 1 aromatic rings. The van der Waals surface area contributed by atoms with Crippen LogP contribution in [0, 0.1) is 12.7 Å². The zero-order valence-corrected chi connectivity index (χ0v) is 12.5. The summed E-state index contributed by atoms with van der Waals surface area (Å²) >= 11 is 0. The first-order chi connectivity index (χ1) is 9.38. The zero-order valence-electron chi connectivity index (χ0n) is 11.7. The third-order valence-electron chi connectivity index (χ3n) is 3.99. The third-order valence-corrected chi connectivity index (χ3v) is 5.71. The summed E-state index contributed by atoms with van der Waals surface area (Å²) in [6, 6.07) is 3.79. The first-order valence-corrected chi connectivity index (χ1v) is 8.37. The van der Waals surface area contributed by atoms with Gasteiger partial charge in [0.1, 0.15) is 5.82 Å². The number of hydrogen-bond acceptors (Lipinski definition) is 3. The second-order valence-electron chi connectivity index (χ2n) is 5.56. The van der Waals surface area contributed by atoms with Crippen LogP contribution in [0.15, 0.2) is 23.1 Å². The molecule has 0 bridgehead atoms. The molecular weight excluding hydrogens is 279 g/mol. The van der Waals surface area contributed by atoms with Gasteiger partial charge in [0.05, 0.1) is 4.90 Å². The van der Waals surface area contributed by atoms with Gasteiger partial charge in [-0.25, -0.2) is 17.5 Å². The summed E-state index contributed by atoms with van der Waals surface area (Å²) in [7, 11) is -3.75. The summed E-state index contributed by atoms with van der Waals surface area (Å²) in [6.45, 7) is 1.92. The largest absolute Gasteiger partial charge is 0.329 e. The quantitative estimate of drug-likeness (QED) is 0.894. The Morgan fingerprint density at radius 1 is 1.30 bits per heavy atom. The molecule has 0 atom stereocenters. The number of aryl methyl sites for hydroxylation is 1. The van der Waals surface area contributed by atoms with Crippen LogP contribution < -0.4 is 10.5 Å². The van der Waals surface area contributed by atoms with Crippen molar-refractivity contribution in [1.82, 2.24) is 4.72 Å². The fourth-order valence-electron chi connectivity index (χ4n) is 2.78. The highest BCUT2D eigenvalue weighted by Gasteiger charge is 2.35. The van der Waals surface area contributed by atoms with Gasteiger partial charge < -0.3 is 5.73 Å². The van der Waals surface area contributed by atoms with Crippen LogP contribution in [0.1, 0.15) is 37.7 Å². The molecule has 0 saturated heterocycles. The van der Waals surface area contributed by atoms with Crippen molar-refractivity contribution in [3.8, 4) is 0 Å². The van der Waals surface area contributed by atoms with Gasteiger partial charge in [0.25, 0.3) is 0 Å². The third kappa shape index (κ3) is 3.19. The minimum Gasteiger partial charge on any atom is -0.329 e. The second kappa shape index (κ2) is 5.79. The lowest BCUT2D eigenvalue weighted by Gasteiger charge is -2.36. The Balaban J connectivity index is 2.32. The van der Waals surface area contributed by atoms with Crippen LogP contribution in [-0.2, 0) is 10.0 Å². The summed E-state index contributed by atoms with van der Waals surface area (Å²) in [6.07, 6.45) is 4.49. The van der Waals surface area contributed by atoms with Crippen molar-refractivity contribution in [3.05, 3.63) is 29.6 Å². The van der Waals surface area contributed by atoms with E-state index in [9.17, 15) is 12.8 Å². The topological polar surface area (TPSA) is 72.2 Å². The normalized spacial score (nSPS) is 18.9. The van der Waals surface area contributed by atoms with Crippen LogP contribution in [0.3, 0.4) is 0 Å². The highest BCUT2D eigenvalue weighted by molar-refractivity contribution is 7.89. The fraction of sp³-hybridized carbons (Fsp3) is 0.571. The van der Waals surface area contributed by atoms with E-state index in [-0.39, 0.29) is 11.4 Å². The fourth-order valence-corrected chi connectivity index (χ4v) is 4.51. The number of nitrogens with one attached hydrogen (secondary N) is 1. The minimum absolute atomic E-state index is 0.00380. The molecule has 1 aliphatic rings. The highest BCUT2D eigenvalue weighted by Crippen LogP contribution is 2.29. The van der Waals surface area contributed by atoms with E-state index in [1.807, 2.05) is 0 Å². The lowest BCUT2D eigenvalue weighted by molar-refractivity contribution is 0.276. The van der Waals surface area contributed by atoms with Gasteiger partial charge in [-0.2, -0.15) is 0 Å². The number of nitrogens with two attached hydrogens (primary N) is 1. The predicted molar refractivity (Wildman–Crippen MR) is 76.3 cm³/mol. The van der Waals surface area contributed by atoms with Gasteiger partial charge in [-0.15, -0.1) is 0 Å². The van der Waals surface area contributed by atoms with Crippen molar-refractivity contribution in [1.29, 1.82) is 0 Å². The van der Waals surface area contributed by atoms with Gasteiger partial charge in [0.15, 0.2) is 0 Å². The van der Waals surface area contributed by atoms with Gasteiger partial charge in [0.2, 0.25) is 10.0 Å². The van der Waals surface area contributed by atoms with E-state index in [0.717, 1.165) is 38.2 Å². The van der Waals surface area contributed by atoms with E-state index < -0.39 is 21.4 Å². The van der Waals surface area contributed by atoms with Crippen LogP contribution in [0.2, 0.25) is 0 Å². The molecule has 0 heterocycles. The van der Waals surface area contributed by atoms with Gasteiger partial charge in [-0.3, -0.25) is 0 Å². The SMILES string of the molecule is Cc1ccc(F)cc1S(=O)(=O)NC1(CN)CCCCC1. The molecule has 0 amide bonds. The molecule has 20 heavy (non-hydrogen) atoms. The van der Waals surface area contributed by atoms with Gasteiger partial charge in [-0.05, 0) is 37.5 Å². The molecular formula is C14H21FN2O2S. The van der Waals surface area contributed by atoms with E-state index in [0.29, 0.717) is 5.56 Å². The Bertz CT molecular complexity index is 581. The van der Waals surface area contributed by atoms with Crippen molar-refractivity contribution in [2.24, 2.45) is 5.73 Å². The van der Waals surface area contributed by atoms with Crippen LogP contribution in [0.25, 0.3) is 0 Å². The van der Waals surface area contributed by atoms with Crippen molar-refractivity contribution in [2.45, 2.75) is 49.5 Å². The maximum atomic E-state index is 13.3. The molecule has 0 unspecified atom stereocenters. The molecule has 4 nitrogen and oxygen atoms in total. The van der Waals surface area contributed by atoms with E-state index >= 15 is 0 Å². The molecule has 1 aromatic carbocycles. The first kappa shape index (κ1) is 15.4. The lowest BCUT2D eigenvalue weighted by atomic mass is 9.83. The summed E-state index contributed by atoms with van der Waals surface area (Å²) in [4.78, 5) is -0.00380. The average Bonchev–Trinajstić information content (AvgIpc) is 2.42. The molecule has 2 rings (SSSR count). The predicted octanol–water partition coefficient (Wildman–Crippen LogP) is 2.07. The number of hydrogen-bond donors (Lipinski definition) is 2. The molecule has 0 radical (unpaired) electrons. The number of sulfonamides is 1. The van der Waals surface area contributed by atoms with E-state index in [1.54, 1.807) is 6.92 Å². The Kier molecular flexibility index (Phi) is 4.46. The Morgan fingerprint density at radius 2 is 1.95 bits per heavy atom. The Labute approximate surface area is 119 Å². The van der Waals surface area contributed by atoms with Crippen LogP contribution in [0.5, 0.6) is 0 Å². The molecule has 3 N–H and O–H groups in total. The first-order valence-electron chi connectivity index (χ1n) is 6.89. The smallest absolute Gasteiger partial charge is 0.241 e. The maximum absolute atomic E-state index is 13.3. The molecule has 1 fully saturated rings. The van der Waals surface area contributed by atoms with Crippen molar-refractivity contribution in [3.63, 3.8) is 0 Å². The van der Waals surface area contributed by atoms with Crippen LogP contribution >= 0.6 is 0 Å². The van der Waals surface area contributed by atoms with Crippen LogP contribution in [0.4, 0.5) is 4.39 Å². The Hall–Kier alpha value is -0.980. The monoisotopic (exact) mass is 300 g/mol. The van der Waals surface area contributed by atoms with Gasteiger partial charge >= 0.3 is 0 Å². The summed E-state index contributed by atoms with van der Waals surface area (Å²) < 4.78 is 41.0. The van der Waals surface area contributed by atoms with Crippen molar-refractivity contribution >= 4 is 10.0 Å². The summed E-state index contributed by atoms with van der Waals surface area (Å²) in [5.41, 5.74) is 5.73. The summed E-state index contributed by atoms with van der Waals surface area (Å²) in [5.74, 6) is -0.554. The molecule has 1 aliphatic carbocycles. The van der Waals surface area contributed by atoms with Crippen LogP contribution in [-0.4, -0.2) is 20.5 Å². The molecule has 1 saturated carbocycles. The molecule has 0 spiro atoms. The second-order valence-corrected chi connectivity index (χ2v) is 7.21. The minimum atomic E-state index is -3.75. The number of halogens is 1. The number of benzene rings is 1. The molecule has 0 aromatic heterocycles. The van der Waals surface area contributed by atoms with E-state index in [1.165, 1.54) is 12.1 Å². The zero-order chi connectivity index (χ0) is 14.8. The average molecular weight is 300 g/mol. The van der Waals surface area contributed by atoms with Gasteiger partial charge in [-0.1, -0.05) is 25.3 Å².